The fourth-order valence-electron chi connectivity index (χ4n) is 7.92. The first-order valence-corrected chi connectivity index (χ1v) is 23.8. The van der Waals surface area contributed by atoms with Gasteiger partial charge in [-0.15, -0.1) is 0 Å². The van der Waals surface area contributed by atoms with Crippen LogP contribution in [0.25, 0.3) is 0 Å². The summed E-state index contributed by atoms with van der Waals surface area (Å²) in [6.45, 7) is 6.94. The second-order valence-corrected chi connectivity index (χ2v) is 16.6. The number of pyridine rings is 1. The van der Waals surface area contributed by atoms with Gasteiger partial charge in [-0.25, -0.2) is 0 Å². The fourth-order valence-corrected chi connectivity index (χ4v) is 7.92. The molecule has 1 aromatic rings. The maximum absolute atomic E-state index is 5.17. The third-order valence-electron chi connectivity index (χ3n) is 11.4. The lowest BCUT2D eigenvalue weighted by atomic mass is 10.0. The lowest BCUT2D eigenvalue weighted by molar-refractivity contribution is 0.524. The molecule has 0 radical (unpaired) electrons. The Morgan fingerprint density at radius 2 is 0.480 bits per heavy atom. The van der Waals surface area contributed by atoms with E-state index in [9.17, 15) is 0 Å². The second-order valence-electron chi connectivity index (χ2n) is 16.6. The molecule has 0 amide bonds. The number of hydrogen-bond donors (Lipinski definition) is 0. The molecule has 0 saturated carbocycles. The average Bonchev–Trinajstić information content (AvgIpc) is 3.13. The largest absolute Gasteiger partial charge is 0.258 e. The number of nitrogens with zero attached hydrogens (tertiary/aromatic N) is 1. The quantitative estimate of drug-likeness (QED) is 0.0621. The molecule has 0 unspecified atom stereocenters. The molecule has 0 fully saturated rings. The highest BCUT2D eigenvalue weighted by Gasteiger charge is 2.05. The second kappa shape index (κ2) is 39.4. The van der Waals surface area contributed by atoms with Crippen molar-refractivity contribution in [2.75, 3.05) is 0 Å². The van der Waals surface area contributed by atoms with Gasteiger partial charge in [-0.1, -0.05) is 245 Å². The van der Waals surface area contributed by atoms with E-state index in [4.69, 9.17) is 4.98 Å². The summed E-state index contributed by atoms with van der Waals surface area (Å²) in [6.07, 6.45) is 58.2. The highest BCUT2D eigenvalue weighted by Crippen LogP contribution is 2.19. The molecular formula is C49H93N. The summed E-state index contributed by atoms with van der Waals surface area (Å²) in [5, 5.41) is 0. The fraction of sp³-hybridized carbons (Fsp3) is 0.898. The molecule has 0 bridgehead atoms. The van der Waals surface area contributed by atoms with Gasteiger partial charge < -0.3 is 0 Å². The number of hydrogen-bond acceptors (Lipinski definition) is 1. The maximum Gasteiger partial charge on any atom is 0.0409 e. The Kier molecular flexibility index (Phi) is 37.1. The maximum atomic E-state index is 5.17. The molecule has 0 N–H and O–H groups in total. The first kappa shape index (κ1) is 47.2. The Hall–Kier alpha value is -0.850. The van der Waals surface area contributed by atoms with Gasteiger partial charge >= 0.3 is 0 Å². The smallest absolute Gasteiger partial charge is 0.0409 e. The van der Waals surface area contributed by atoms with Crippen LogP contribution in [-0.4, -0.2) is 4.98 Å². The van der Waals surface area contributed by atoms with Gasteiger partial charge in [0.25, 0.3) is 0 Å². The molecule has 294 valence electrons. The summed E-state index contributed by atoms with van der Waals surface area (Å²) in [5.41, 5.74) is 4.32. The Morgan fingerprint density at radius 3 is 0.720 bits per heavy atom. The molecule has 0 saturated heterocycles. The normalized spacial score (nSPS) is 11.6. The van der Waals surface area contributed by atoms with Gasteiger partial charge in [0.2, 0.25) is 0 Å². The lowest BCUT2D eigenvalue weighted by Gasteiger charge is -2.10. The summed E-state index contributed by atoms with van der Waals surface area (Å²) in [5.74, 6) is 0. The molecule has 0 atom stereocenters. The molecule has 50 heavy (non-hydrogen) atoms. The van der Waals surface area contributed by atoms with E-state index in [0.717, 1.165) is 0 Å². The van der Waals surface area contributed by atoms with Crippen molar-refractivity contribution in [3.8, 4) is 0 Å². The van der Waals surface area contributed by atoms with Gasteiger partial charge in [0.05, 0.1) is 0 Å². The van der Waals surface area contributed by atoms with Crippen molar-refractivity contribution in [1.82, 2.24) is 4.98 Å². The van der Waals surface area contributed by atoms with Crippen LogP contribution < -0.4 is 0 Å². The van der Waals surface area contributed by atoms with E-state index in [1.54, 1.807) is 5.56 Å². The van der Waals surface area contributed by atoms with Crippen molar-refractivity contribution in [3.63, 3.8) is 0 Å². The predicted molar refractivity (Wildman–Crippen MR) is 228 cm³/mol. The van der Waals surface area contributed by atoms with E-state index in [1.807, 2.05) is 0 Å². The van der Waals surface area contributed by atoms with Crippen LogP contribution in [0.1, 0.15) is 282 Å². The zero-order valence-electron chi connectivity index (χ0n) is 35.1. The summed E-state index contributed by atoms with van der Waals surface area (Å²) < 4.78 is 0. The number of aromatic nitrogens is 1. The molecule has 1 rings (SSSR count). The highest BCUT2D eigenvalue weighted by molar-refractivity contribution is 5.22. The van der Waals surface area contributed by atoms with Gasteiger partial charge in [0.1, 0.15) is 0 Å². The van der Waals surface area contributed by atoms with E-state index in [2.05, 4.69) is 32.9 Å². The van der Waals surface area contributed by atoms with Crippen LogP contribution in [0.5, 0.6) is 0 Å². The van der Waals surface area contributed by atoms with Gasteiger partial charge in [-0.2, -0.15) is 0 Å². The van der Waals surface area contributed by atoms with Crippen molar-refractivity contribution in [2.45, 2.75) is 284 Å². The standard InChI is InChI=1S/C49H93N/c1-4-7-10-12-14-16-18-20-22-24-26-28-30-32-34-36-38-40-43-48-45-47(42-9-6-3)46-49(50-48)44-41-39-37-35-33-31-29-27-25-23-21-19-17-15-13-11-8-5-2/h45-46H,4-44H2,1-3H3. The third-order valence-corrected chi connectivity index (χ3v) is 11.4. The predicted octanol–water partition coefficient (Wildman–Crippen LogP) is 17.6. The molecule has 1 heterocycles. The van der Waals surface area contributed by atoms with Crippen LogP contribution in [0.4, 0.5) is 0 Å². The summed E-state index contributed by atoms with van der Waals surface area (Å²) in [6, 6.07) is 4.89. The highest BCUT2D eigenvalue weighted by atomic mass is 14.7. The van der Waals surface area contributed by atoms with Crippen molar-refractivity contribution < 1.29 is 0 Å². The van der Waals surface area contributed by atoms with Crippen molar-refractivity contribution in [3.05, 3.63) is 29.1 Å². The molecule has 1 nitrogen and oxygen atoms in total. The first-order valence-electron chi connectivity index (χ1n) is 23.8. The molecule has 0 aliphatic heterocycles. The molecule has 0 aromatic carbocycles. The van der Waals surface area contributed by atoms with E-state index >= 15 is 0 Å². The van der Waals surface area contributed by atoms with Crippen LogP contribution >= 0.6 is 0 Å². The molecule has 1 aromatic heterocycles. The van der Waals surface area contributed by atoms with Crippen molar-refractivity contribution in [1.29, 1.82) is 0 Å². The Bertz CT molecular complexity index is 725. The number of aryl methyl sites for hydroxylation is 3. The Labute approximate surface area is 317 Å². The van der Waals surface area contributed by atoms with E-state index in [0.29, 0.717) is 0 Å². The van der Waals surface area contributed by atoms with E-state index in [-0.39, 0.29) is 0 Å². The third kappa shape index (κ3) is 33.0. The molecule has 0 aliphatic rings. The van der Waals surface area contributed by atoms with Crippen LogP contribution in [-0.2, 0) is 19.3 Å². The monoisotopic (exact) mass is 696 g/mol. The van der Waals surface area contributed by atoms with Gasteiger partial charge in [0, 0.05) is 11.4 Å². The van der Waals surface area contributed by atoms with Crippen LogP contribution in [0.15, 0.2) is 12.1 Å². The van der Waals surface area contributed by atoms with Crippen LogP contribution in [0, 0.1) is 0 Å². The average molecular weight is 696 g/mol. The number of rotatable bonds is 41. The first-order chi connectivity index (χ1) is 24.8. The van der Waals surface area contributed by atoms with Gasteiger partial charge in [-0.05, 0) is 56.2 Å². The minimum absolute atomic E-state index is 1.19. The summed E-state index contributed by atoms with van der Waals surface area (Å²) in [7, 11) is 0. The van der Waals surface area contributed by atoms with Crippen molar-refractivity contribution in [2.24, 2.45) is 0 Å². The molecule has 0 spiro atoms. The minimum atomic E-state index is 1.19. The molecule has 0 aliphatic carbocycles. The Balaban J connectivity index is 2.02. The minimum Gasteiger partial charge on any atom is -0.258 e. The van der Waals surface area contributed by atoms with Gasteiger partial charge in [-0.3, -0.25) is 4.98 Å². The topological polar surface area (TPSA) is 12.9 Å². The van der Waals surface area contributed by atoms with Gasteiger partial charge in [0.15, 0.2) is 0 Å². The summed E-state index contributed by atoms with van der Waals surface area (Å²) in [4.78, 5) is 5.17. The zero-order chi connectivity index (χ0) is 35.8. The lowest BCUT2D eigenvalue weighted by Crippen LogP contribution is -2.00. The summed E-state index contributed by atoms with van der Waals surface area (Å²) >= 11 is 0. The molecule has 1 heteroatoms. The zero-order valence-corrected chi connectivity index (χ0v) is 35.1. The Morgan fingerprint density at radius 1 is 0.260 bits per heavy atom. The van der Waals surface area contributed by atoms with E-state index in [1.165, 1.54) is 275 Å². The van der Waals surface area contributed by atoms with Crippen LogP contribution in [0.3, 0.4) is 0 Å². The molecular weight excluding hydrogens is 603 g/mol. The van der Waals surface area contributed by atoms with Crippen molar-refractivity contribution >= 4 is 0 Å². The number of unbranched alkanes of at least 4 members (excludes halogenated alkanes) is 35. The van der Waals surface area contributed by atoms with E-state index < -0.39 is 0 Å². The van der Waals surface area contributed by atoms with Crippen LogP contribution in [0.2, 0.25) is 0 Å². The SMILES string of the molecule is CCCCCCCCCCCCCCCCCCCCc1cc(CCCC)cc(CCCCCCCCCCCCCCCCCCCC)n1.